The molecule has 0 saturated carbocycles. The van der Waals surface area contributed by atoms with Crippen molar-refractivity contribution in [3.05, 3.63) is 0 Å². The molecule has 2 heterocycles. The van der Waals surface area contributed by atoms with E-state index in [0.717, 1.165) is 26.2 Å². The van der Waals surface area contributed by atoms with Crippen LogP contribution < -0.4 is 0 Å². The molecule has 2 aliphatic heterocycles. The van der Waals surface area contributed by atoms with E-state index in [0.29, 0.717) is 5.41 Å². The molecule has 0 bridgehead atoms. The van der Waals surface area contributed by atoms with E-state index in [4.69, 9.17) is 5.11 Å². The predicted octanol–water partition coefficient (Wildman–Crippen LogP) is 1.27. The van der Waals surface area contributed by atoms with Crippen LogP contribution >= 0.6 is 0 Å². The van der Waals surface area contributed by atoms with Gasteiger partial charge in [-0.15, -0.1) is 0 Å². The standard InChI is InChI=1S/C13H24N2O2/c1-12(2,3)15-6-4-13(5-7-15)9-14(10-13)8-11(16)17/h4-10H2,1-3H3,(H,16,17). The minimum Gasteiger partial charge on any atom is -0.480 e. The van der Waals surface area contributed by atoms with Crippen LogP contribution in [0.4, 0.5) is 0 Å². The van der Waals surface area contributed by atoms with Crippen molar-refractivity contribution in [2.45, 2.75) is 39.2 Å². The lowest BCUT2D eigenvalue weighted by Crippen LogP contribution is -2.62. The maximum absolute atomic E-state index is 10.6. The average Bonchev–Trinajstić information content (AvgIpc) is 2.13. The Hall–Kier alpha value is -0.610. The van der Waals surface area contributed by atoms with Crippen LogP contribution in [-0.4, -0.2) is 59.1 Å². The molecule has 0 unspecified atom stereocenters. The summed E-state index contributed by atoms with van der Waals surface area (Å²) in [7, 11) is 0. The molecule has 0 aromatic rings. The fraction of sp³-hybridized carbons (Fsp3) is 0.923. The Morgan fingerprint density at radius 2 is 1.76 bits per heavy atom. The molecule has 4 heteroatoms. The third kappa shape index (κ3) is 2.80. The third-order valence-corrected chi connectivity index (χ3v) is 4.25. The smallest absolute Gasteiger partial charge is 0.317 e. The van der Waals surface area contributed by atoms with Crippen molar-refractivity contribution < 1.29 is 9.90 Å². The Balaban J connectivity index is 1.79. The van der Waals surface area contributed by atoms with Gasteiger partial charge in [0.2, 0.25) is 0 Å². The number of carbonyl (C=O) groups is 1. The fourth-order valence-electron chi connectivity index (χ4n) is 3.17. The van der Waals surface area contributed by atoms with E-state index in [2.05, 4.69) is 30.6 Å². The number of aliphatic carboxylic acids is 1. The summed E-state index contributed by atoms with van der Waals surface area (Å²) in [5.41, 5.74) is 0.698. The van der Waals surface area contributed by atoms with Crippen LogP contribution in [0.5, 0.6) is 0 Å². The maximum Gasteiger partial charge on any atom is 0.317 e. The molecular formula is C13H24N2O2. The summed E-state index contributed by atoms with van der Waals surface area (Å²) in [6.07, 6.45) is 2.45. The van der Waals surface area contributed by atoms with Gasteiger partial charge >= 0.3 is 5.97 Å². The van der Waals surface area contributed by atoms with E-state index in [1.165, 1.54) is 12.8 Å². The normalized spacial score (nSPS) is 25.8. The van der Waals surface area contributed by atoms with E-state index in [-0.39, 0.29) is 12.1 Å². The summed E-state index contributed by atoms with van der Waals surface area (Å²) < 4.78 is 0. The zero-order valence-corrected chi connectivity index (χ0v) is 11.2. The molecule has 0 aromatic heterocycles. The zero-order chi connectivity index (χ0) is 12.7. The van der Waals surface area contributed by atoms with Crippen molar-refractivity contribution in [3.8, 4) is 0 Å². The van der Waals surface area contributed by atoms with Crippen LogP contribution in [-0.2, 0) is 4.79 Å². The quantitative estimate of drug-likeness (QED) is 0.789. The number of hydrogen-bond donors (Lipinski definition) is 1. The molecule has 2 saturated heterocycles. The first kappa shape index (κ1) is 12.8. The summed E-state index contributed by atoms with van der Waals surface area (Å²) in [6, 6.07) is 0. The number of hydrogen-bond acceptors (Lipinski definition) is 3. The number of piperidine rings is 1. The molecule has 0 amide bonds. The van der Waals surface area contributed by atoms with Gasteiger partial charge in [-0.05, 0) is 52.1 Å². The fourth-order valence-corrected chi connectivity index (χ4v) is 3.17. The molecule has 0 radical (unpaired) electrons. The van der Waals surface area contributed by atoms with Crippen LogP contribution in [0.2, 0.25) is 0 Å². The molecule has 2 aliphatic rings. The Labute approximate surface area is 104 Å². The van der Waals surface area contributed by atoms with Crippen LogP contribution in [0.15, 0.2) is 0 Å². The van der Waals surface area contributed by atoms with Gasteiger partial charge in [-0.1, -0.05) is 0 Å². The number of rotatable bonds is 2. The molecule has 17 heavy (non-hydrogen) atoms. The van der Waals surface area contributed by atoms with Crippen LogP contribution in [0.25, 0.3) is 0 Å². The van der Waals surface area contributed by atoms with Gasteiger partial charge in [0.05, 0.1) is 6.54 Å². The summed E-state index contributed by atoms with van der Waals surface area (Å²) in [5, 5.41) is 8.73. The molecule has 1 spiro atoms. The highest BCUT2D eigenvalue weighted by Gasteiger charge is 2.46. The summed E-state index contributed by atoms with van der Waals surface area (Å²) in [5.74, 6) is -0.702. The first-order valence-corrected chi connectivity index (χ1v) is 6.50. The van der Waals surface area contributed by atoms with Crippen LogP contribution in [0.1, 0.15) is 33.6 Å². The summed E-state index contributed by atoms with van der Waals surface area (Å²) in [6.45, 7) is 11.3. The predicted molar refractivity (Wildman–Crippen MR) is 67.1 cm³/mol. The summed E-state index contributed by atoms with van der Waals surface area (Å²) >= 11 is 0. The van der Waals surface area contributed by atoms with Crippen molar-refractivity contribution in [1.82, 2.24) is 9.80 Å². The Bertz CT molecular complexity index is 293. The van der Waals surface area contributed by atoms with Gasteiger partial charge in [-0.25, -0.2) is 0 Å². The third-order valence-electron chi connectivity index (χ3n) is 4.25. The van der Waals surface area contributed by atoms with Crippen LogP contribution in [0.3, 0.4) is 0 Å². The molecule has 2 fully saturated rings. The van der Waals surface area contributed by atoms with E-state index in [9.17, 15) is 4.79 Å². The highest BCUT2D eigenvalue weighted by molar-refractivity contribution is 5.69. The average molecular weight is 240 g/mol. The SMILES string of the molecule is CC(C)(C)N1CCC2(CC1)CN(CC(=O)O)C2. The maximum atomic E-state index is 10.6. The van der Waals surface area contributed by atoms with Gasteiger partial charge in [-0.3, -0.25) is 14.6 Å². The molecule has 4 nitrogen and oxygen atoms in total. The van der Waals surface area contributed by atoms with Gasteiger partial charge in [0.1, 0.15) is 0 Å². The van der Waals surface area contributed by atoms with Gasteiger partial charge in [-0.2, -0.15) is 0 Å². The van der Waals surface area contributed by atoms with Gasteiger partial charge in [0.25, 0.3) is 0 Å². The van der Waals surface area contributed by atoms with E-state index >= 15 is 0 Å². The second kappa shape index (κ2) is 4.25. The van der Waals surface area contributed by atoms with Crippen molar-refractivity contribution in [3.63, 3.8) is 0 Å². The Morgan fingerprint density at radius 3 is 2.18 bits per heavy atom. The summed E-state index contributed by atoms with van der Waals surface area (Å²) in [4.78, 5) is 15.2. The second-order valence-electron chi connectivity index (χ2n) is 6.70. The van der Waals surface area contributed by atoms with Gasteiger partial charge in [0, 0.05) is 18.6 Å². The number of carboxylic acids is 1. The van der Waals surface area contributed by atoms with Gasteiger partial charge < -0.3 is 5.11 Å². The Kier molecular flexibility index (Phi) is 3.21. The topological polar surface area (TPSA) is 43.8 Å². The lowest BCUT2D eigenvalue weighted by Gasteiger charge is -2.55. The lowest BCUT2D eigenvalue weighted by atomic mass is 9.71. The molecule has 0 atom stereocenters. The van der Waals surface area contributed by atoms with Gasteiger partial charge in [0.15, 0.2) is 0 Å². The monoisotopic (exact) mass is 240 g/mol. The lowest BCUT2D eigenvalue weighted by molar-refractivity contribution is -0.143. The minimum absolute atomic E-state index is 0.213. The number of likely N-dealkylation sites (tertiary alicyclic amines) is 2. The van der Waals surface area contributed by atoms with Crippen LogP contribution in [0, 0.1) is 5.41 Å². The molecule has 1 N–H and O–H groups in total. The van der Waals surface area contributed by atoms with E-state index < -0.39 is 5.97 Å². The molecule has 0 aliphatic carbocycles. The Morgan fingerprint density at radius 1 is 1.24 bits per heavy atom. The highest BCUT2D eigenvalue weighted by atomic mass is 16.4. The van der Waals surface area contributed by atoms with E-state index in [1.807, 2.05) is 0 Å². The van der Waals surface area contributed by atoms with Crippen molar-refractivity contribution in [2.24, 2.45) is 5.41 Å². The molecule has 2 rings (SSSR count). The molecular weight excluding hydrogens is 216 g/mol. The number of carboxylic acid groups (broad SMARTS) is 1. The molecule has 98 valence electrons. The van der Waals surface area contributed by atoms with Crippen molar-refractivity contribution in [1.29, 1.82) is 0 Å². The van der Waals surface area contributed by atoms with Crippen molar-refractivity contribution >= 4 is 5.97 Å². The molecule has 0 aromatic carbocycles. The zero-order valence-electron chi connectivity index (χ0n) is 11.2. The number of nitrogens with zero attached hydrogens (tertiary/aromatic N) is 2. The second-order valence-corrected chi connectivity index (χ2v) is 6.70. The highest BCUT2D eigenvalue weighted by Crippen LogP contribution is 2.41. The minimum atomic E-state index is -0.702. The van der Waals surface area contributed by atoms with E-state index in [1.54, 1.807) is 0 Å². The first-order valence-electron chi connectivity index (χ1n) is 6.50. The largest absolute Gasteiger partial charge is 0.480 e. The van der Waals surface area contributed by atoms with Crippen molar-refractivity contribution in [2.75, 3.05) is 32.7 Å². The first-order chi connectivity index (χ1) is 7.81.